The molecule has 2 aromatic rings. The second kappa shape index (κ2) is 15.2. The van der Waals surface area contributed by atoms with Crippen molar-refractivity contribution in [2.75, 3.05) is 19.6 Å². The fourth-order valence-corrected chi connectivity index (χ4v) is 4.62. The van der Waals surface area contributed by atoms with Crippen molar-refractivity contribution in [3.63, 3.8) is 0 Å². The Morgan fingerprint density at radius 2 is 1.17 bits per heavy atom. The maximum Gasteiger partial charge on any atom is 0.0175 e. The highest BCUT2D eigenvalue weighted by Crippen LogP contribution is 2.28. The minimum absolute atomic E-state index is 0.576. The summed E-state index contributed by atoms with van der Waals surface area (Å²) < 4.78 is 2.31. The molecule has 0 aromatic heterocycles. The summed E-state index contributed by atoms with van der Waals surface area (Å²) in [7, 11) is 0. The molecule has 0 N–H and O–H groups in total. The van der Waals surface area contributed by atoms with Crippen LogP contribution < -0.4 is 0 Å². The second-order valence-electron chi connectivity index (χ2n) is 8.48. The van der Waals surface area contributed by atoms with Crippen LogP contribution in [0.5, 0.6) is 0 Å². The van der Waals surface area contributed by atoms with E-state index in [0.717, 1.165) is 15.4 Å². The molecular formula is C27H39Br2N. The van der Waals surface area contributed by atoms with E-state index in [1.807, 2.05) is 0 Å². The Morgan fingerprint density at radius 1 is 0.667 bits per heavy atom. The minimum atomic E-state index is 0.576. The van der Waals surface area contributed by atoms with Gasteiger partial charge in [-0.05, 0) is 93.0 Å². The van der Waals surface area contributed by atoms with Crippen molar-refractivity contribution in [3.05, 3.63) is 68.6 Å². The van der Waals surface area contributed by atoms with Gasteiger partial charge in [0.15, 0.2) is 0 Å². The van der Waals surface area contributed by atoms with Crippen molar-refractivity contribution in [1.82, 2.24) is 4.90 Å². The molecule has 0 saturated carbocycles. The molecule has 0 spiro atoms. The third-order valence-corrected chi connectivity index (χ3v) is 6.98. The number of benzene rings is 2. The lowest BCUT2D eigenvalue weighted by Gasteiger charge is -2.24. The first kappa shape index (κ1) is 25.6. The molecule has 0 aliphatic carbocycles. The summed E-state index contributed by atoms with van der Waals surface area (Å²) in [4.78, 5) is 2.73. The molecule has 2 rings (SSSR count). The standard InChI is InChI=1S/C27H39Br2N/c1-3-5-7-19-30(20-8-6-4-2)21-9-10-25(24-13-17-27(29)18-14-24)22-23-11-15-26(28)16-12-23/h11-18,25H,3-10,19-22H2,1-2H3. The van der Waals surface area contributed by atoms with Crippen LogP contribution in [0.3, 0.4) is 0 Å². The molecule has 0 saturated heterocycles. The van der Waals surface area contributed by atoms with Gasteiger partial charge in [0, 0.05) is 8.95 Å². The van der Waals surface area contributed by atoms with E-state index in [0.29, 0.717) is 5.92 Å². The molecule has 1 nitrogen and oxygen atoms in total. The summed E-state index contributed by atoms with van der Waals surface area (Å²) in [6, 6.07) is 17.8. The first-order valence-electron chi connectivity index (χ1n) is 11.8. The summed E-state index contributed by atoms with van der Waals surface area (Å²) in [6.45, 7) is 8.37. The van der Waals surface area contributed by atoms with E-state index in [1.165, 1.54) is 82.1 Å². The highest BCUT2D eigenvalue weighted by atomic mass is 79.9. The summed E-state index contributed by atoms with van der Waals surface area (Å²) in [5, 5.41) is 0. The lowest BCUT2D eigenvalue weighted by Crippen LogP contribution is -2.27. The lowest BCUT2D eigenvalue weighted by molar-refractivity contribution is 0.254. The predicted molar refractivity (Wildman–Crippen MR) is 139 cm³/mol. The first-order chi connectivity index (χ1) is 14.6. The van der Waals surface area contributed by atoms with E-state index in [4.69, 9.17) is 0 Å². The van der Waals surface area contributed by atoms with Gasteiger partial charge in [0.25, 0.3) is 0 Å². The van der Waals surface area contributed by atoms with Crippen molar-refractivity contribution in [1.29, 1.82) is 0 Å². The molecule has 0 aliphatic heterocycles. The average Bonchev–Trinajstić information content (AvgIpc) is 2.75. The maximum atomic E-state index is 3.59. The molecular weight excluding hydrogens is 498 g/mol. The zero-order chi connectivity index (χ0) is 21.6. The summed E-state index contributed by atoms with van der Waals surface area (Å²) >= 11 is 7.15. The minimum Gasteiger partial charge on any atom is -0.303 e. The molecule has 30 heavy (non-hydrogen) atoms. The quantitative estimate of drug-likeness (QED) is 0.205. The van der Waals surface area contributed by atoms with Crippen molar-refractivity contribution in [3.8, 4) is 0 Å². The van der Waals surface area contributed by atoms with Gasteiger partial charge in [-0.2, -0.15) is 0 Å². The van der Waals surface area contributed by atoms with Gasteiger partial charge in [-0.15, -0.1) is 0 Å². The fraction of sp³-hybridized carbons (Fsp3) is 0.556. The van der Waals surface area contributed by atoms with Crippen LogP contribution in [0.2, 0.25) is 0 Å². The summed E-state index contributed by atoms with van der Waals surface area (Å²) in [5.41, 5.74) is 2.89. The van der Waals surface area contributed by atoms with Gasteiger partial charge in [-0.3, -0.25) is 0 Å². The Kier molecular flexibility index (Phi) is 13.0. The van der Waals surface area contributed by atoms with E-state index in [2.05, 4.69) is 99.1 Å². The molecule has 0 heterocycles. The SMILES string of the molecule is CCCCCN(CCCCC)CCCC(Cc1ccc(Br)cc1)c1ccc(Br)cc1. The van der Waals surface area contributed by atoms with Gasteiger partial charge in [-0.1, -0.05) is 95.7 Å². The third-order valence-electron chi connectivity index (χ3n) is 5.92. The Hall–Kier alpha value is -0.640. The largest absolute Gasteiger partial charge is 0.303 e. The van der Waals surface area contributed by atoms with Crippen LogP contribution in [0.1, 0.15) is 82.3 Å². The van der Waals surface area contributed by atoms with E-state index in [9.17, 15) is 0 Å². The highest BCUT2D eigenvalue weighted by molar-refractivity contribution is 9.10. The highest BCUT2D eigenvalue weighted by Gasteiger charge is 2.14. The summed E-state index contributed by atoms with van der Waals surface area (Å²) in [5.74, 6) is 0.576. The Labute approximate surface area is 201 Å². The van der Waals surface area contributed by atoms with Gasteiger partial charge >= 0.3 is 0 Å². The Morgan fingerprint density at radius 3 is 1.70 bits per heavy atom. The summed E-state index contributed by atoms with van der Waals surface area (Å²) in [6.07, 6.45) is 11.6. The van der Waals surface area contributed by atoms with Gasteiger partial charge in [-0.25, -0.2) is 0 Å². The number of hydrogen-bond acceptors (Lipinski definition) is 1. The van der Waals surface area contributed by atoms with Crippen LogP contribution in [0.15, 0.2) is 57.5 Å². The monoisotopic (exact) mass is 535 g/mol. The molecule has 0 fully saturated rings. The van der Waals surface area contributed by atoms with E-state index in [1.54, 1.807) is 0 Å². The Balaban J connectivity index is 1.97. The van der Waals surface area contributed by atoms with Crippen LogP contribution in [-0.4, -0.2) is 24.5 Å². The van der Waals surface area contributed by atoms with Crippen molar-refractivity contribution < 1.29 is 0 Å². The molecule has 166 valence electrons. The van der Waals surface area contributed by atoms with Crippen molar-refractivity contribution in [2.24, 2.45) is 0 Å². The molecule has 0 amide bonds. The van der Waals surface area contributed by atoms with Gasteiger partial charge in [0.2, 0.25) is 0 Å². The average molecular weight is 537 g/mol. The number of nitrogens with zero attached hydrogens (tertiary/aromatic N) is 1. The van der Waals surface area contributed by atoms with Crippen LogP contribution >= 0.6 is 31.9 Å². The molecule has 1 unspecified atom stereocenters. The molecule has 2 aromatic carbocycles. The fourth-order valence-electron chi connectivity index (χ4n) is 4.09. The van der Waals surface area contributed by atoms with Gasteiger partial charge < -0.3 is 4.90 Å². The van der Waals surface area contributed by atoms with Gasteiger partial charge in [0.1, 0.15) is 0 Å². The van der Waals surface area contributed by atoms with Crippen molar-refractivity contribution in [2.45, 2.75) is 77.6 Å². The molecule has 0 bridgehead atoms. The van der Waals surface area contributed by atoms with Crippen LogP contribution in [0, 0.1) is 0 Å². The second-order valence-corrected chi connectivity index (χ2v) is 10.3. The molecule has 3 heteroatoms. The van der Waals surface area contributed by atoms with Gasteiger partial charge in [0.05, 0.1) is 0 Å². The first-order valence-corrected chi connectivity index (χ1v) is 13.4. The van der Waals surface area contributed by atoms with Crippen LogP contribution in [-0.2, 0) is 6.42 Å². The molecule has 0 radical (unpaired) electrons. The van der Waals surface area contributed by atoms with Crippen LogP contribution in [0.4, 0.5) is 0 Å². The number of rotatable bonds is 15. The number of unbranched alkanes of at least 4 members (excludes halogenated alkanes) is 4. The van der Waals surface area contributed by atoms with E-state index in [-0.39, 0.29) is 0 Å². The topological polar surface area (TPSA) is 3.24 Å². The normalized spacial score (nSPS) is 12.4. The zero-order valence-corrected chi connectivity index (χ0v) is 22.1. The molecule has 1 atom stereocenters. The maximum absolute atomic E-state index is 3.59. The predicted octanol–water partition coefficient (Wildman–Crippen LogP) is 9.00. The van der Waals surface area contributed by atoms with E-state index < -0.39 is 0 Å². The lowest BCUT2D eigenvalue weighted by atomic mass is 9.88. The molecule has 0 aliphatic rings. The Bertz CT molecular complexity index is 671. The number of hydrogen-bond donors (Lipinski definition) is 0. The van der Waals surface area contributed by atoms with Crippen LogP contribution in [0.25, 0.3) is 0 Å². The third kappa shape index (κ3) is 10.1. The number of halogens is 2. The van der Waals surface area contributed by atoms with E-state index >= 15 is 0 Å². The zero-order valence-electron chi connectivity index (χ0n) is 18.9. The smallest absolute Gasteiger partial charge is 0.0175 e. The van der Waals surface area contributed by atoms with Crippen molar-refractivity contribution >= 4 is 31.9 Å².